The van der Waals surface area contributed by atoms with Gasteiger partial charge in [-0.3, -0.25) is 4.79 Å². The van der Waals surface area contributed by atoms with Crippen LogP contribution < -0.4 is 5.32 Å². The zero-order chi connectivity index (χ0) is 21.4. The summed E-state index contributed by atoms with van der Waals surface area (Å²) in [5.74, 6) is -1.54. The number of halogens is 4. The van der Waals surface area contributed by atoms with Gasteiger partial charge in [0.05, 0.1) is 23.7 Å². The minimum absolute atomic E-state index is 0.211. The summed E-state index contributed by atoms with van der Waals surface area (Å²) in [6, 6.07) is 7.75. The average Bonchev–Trinajstić information content (AvgIpc) is 3.01. The second-order valence-electron chi connectivity index (χ2n) is 6.46. The molecule has 3 aromatic rings. The summed E-state index contributed by atoms with van der Waals surface area (Å²) < 4.78 is 52.4. The van der Waals surface area contributed by atoms with Gasteiger partial charge in [0.2, 0.25) is 0 Å². The quantitative estimate of drug-likeness (QED) is 0.648. The topological polar surface area (TPSA) is 104 Å². The molecule has 1 atom stereocenters. The number of anilines is 1. The maximum absolute atomic E-state index is 13.2. The van der Waals surface area contributed by atoms with Crippen molar-refractivity contribution in [2.24, 2.45) is 0 Å². The molecule has 150 valence electrons. The van der Waals surface area contributed by atoms with Gasteiger partial charge in [0.25, 0.3) is 5.91 Å². The van der Waals surface area contributed by atoms with Crippen molar-refractivity contribution in [2.75, 3.05) is 5.32 Å². The van der Waals surface area contributed by atoms with Gasteiger partial charge in [-0.05, 0) is 37.3 Å². The van der Waals surface area contributed by atoms with Gasteiger partial charge in [0, 0.05) is 11.8 Å². The van der Waals surface area contributed by atoms with E-state index in [-0.39, 0.29) is 11.2 Å². The van der Waals surface area contributed by atoms with Crippen LogP contribution in [0.3, 0.4) is 0 Å². The van der Waals surface area contributed by atoms with Gasteiger partial charge in [-0.25, -0.2) is 4.39 Å². The number of hydrogen-bond donors (Lipinski definition) is 2. The van der Waals surface area contributed by atoms with Crippen molar-refractivity contribution < 1.29 is 27.5 Å². The monoisotopic (exact) mass is 407 g/mol. The molecule has 0 aliphatic heterocycles. The standard InChI is InChI=1S/C18H13F4N5O2/c1-17(29,9-27-25-14-5-3-11(19)6-15(14)26-27)16(28)24-12-4-2-10(8-23)13(7-12)18(20,21)22/h2-7,29H,9H2,1H3,(H,24,28). The van der Waals surface area contributed by atoms with Crippen molar-refractivity contribution in [3.63, 3.8) is 0 Å². The van der Waals surface area contributed by atoms with Crippen LogP contribution in [-0.2, 0) is 17.5 Å². The van der Waals surface area contributed by atoms with E-state index in [2.05, 4.69) is 15.5 Å². The number of carbonyl (C=O) groups excluding carboxylic acids is 1. The number of carbonyl (C=O) groups is 1. The number of aliphatic hydroxyl groups is 1. The maximum atomic E-state index is 13.2. The number of aromatic nitrogens is 3. The minimum atomic E-state index is -4.79. The van der Waals surface area contributed by atoms with E-state index in [9.17, 15) is 27.5 Å². The SMILES string of the molecule is CC(O)(Cn1nc2ccc(F)cc2n1)C(=O)Nc1ccc(C#N)c(C(F)(F)F)c1. The lowest BCUT2D eigenvalue weighted by molar-refractivity contribution is -0.138. The number of rotatable bonds is 4. The third-order valence-electron chi connectivity index (χ3n) is 4.03. The van der Waals surface area contributed by atoms with Crippen LogP contribution in [0.1, 0.15) is 18.1 Å². The third-order valence-corrected chi connectivity index (χ3v) is 4.03. The molecule has 11 heteroatoms. The molecule has 2 aromatic carbocycles. The molecule has 1 amide bonds. The van der Waals surface area contributed by atoms with Gasteiger partial charge in [-0.15, -0.1) is 0 Å². The van der Waals surface area contributed by atoms with E-state index in [1.807, 2.05) is 0 Å². The van der Waals surface area contributed by atoms with E-state index in [4.69, 9.17) is 5.26 Å². The number of nitrogens with one attached hydrogen (secondary N) is 1. The Morgan fingerprint density at radius 3 is 2.55 bits per heavy atom. The van der Waals surface area contributed by atoms with Crippen LogP contribution >= 0.6 is 0 Å². The van der Waals surface area contributed by atoms with Crippen LogP contribution in [0.4, 0.5) is 23.2 Å². The summed E-state index contributed by atoms with van der Waals surface area (Å²) in [4.78, 5) is 13.4. The molecule has 1 aromatic heterocycles. The van der Waals surface area contributed by atoms with Crippen LogP contribution in [0.25, 0.3) is 11.0 Å². The van der Waals surface area contributed by atoms with E-state index in [0.717, 1.165) is 29.9 Å². The Bertz CT molecular complexity index is 1130. The summed E-state index contributed by atoms with van der Waals surface area (Å²) in [5.41, 5.74) is -3.60. The summed E-state index contributed by atoms with van der Waals surface area (Å²) >= 11 is 0. The molecule has 0 radical (unpaired) electrons. The van der Waals surface area contributed by atoms with Crippen molar-refractivity contribution in [1.82, 2.24) is 15.0 Å². The fraction of sp³-hybridized carbons (Fsp3) is 0.222. The molecule has 0 aliphatic rings. The minimum Gasteiger partial charge on any atom is -0.378 e. The second kappa shape index (κ2) is 7.14. The van der Waals surface area contributed by atoms with Crippen LogP contribution in [0.5, 0.6) is 0 Å². The summed E-state index contributed by atoms with van der Waals surface area (Å²) in [5, 5.41) is 29.4. The van der Waals surface area contributed by atoms with Gasteiger partial charge in [0.1, 0.15) is 16.9 Å². The Kier molecular flexibility index (Phi) is 4.98. The van der Waals surface area contributed by atoms with E-state index in [0.29, 0.717) is 11.6 Å². The number of nitriles is 1. The molecular formula is C18H13F4N5O2. The molecule has 0 saturated carbocycles. The fourth-order valence-electron chi connectivity index (χ4n) is 2.57. The predicted octanol–water partition coefficient (Wildman–Crippen LogP) is 2.85. The summed E-state index contributed by atoms with van der Waals surface area (Å²) in [6.45, 7) is 0.697. The Morgan fingerprint density at radius 1 is 1.21 bits per heavy atom. The number of amides is 1. The third kappa shape index (κ3) is 4.33. The normalized spacial score (nSPS) is 13.7. The summed E-state index contributed by atoms with van der Waals surface area (Å²) in [7, 11) is 0. The highest BCUT2D eigenvalue weighted by atomic mass is 19.4. The highest BCUT2D eigenvalue weighted by Gasteiger charge is 2.35. The number of alkyl halides is 3. The van der Waals surface area contributed by atoms with Crippen LogP contribution in [0.15, 0.2) is 36.4 Å². The van der Waals surface area contributed by atoms with Gasteiger partial charge in [-0.1, -0.05) is 0 Å². The fourth-order valence-corrected chi connectivity index (χ4v) is 2.57. The van der Waals surface area contributed by atoms with Crippen molar-refractivity contribution >= 4 is 22.6 Å². The Labute approximate surface area is 161 Å². The molecule has 3 rings (SSSR count). The number of hydrogen-bond acceptors (Lipinski definition) is 5. The number of benzene rings is 2. The van der Waals surface area contributed by atoms with Gasteiger partial charge >= 0.3 is 6.18 Å². The summed E-state index contributed by atoms with van der Waals surface area (Å²) in [6.07, 6.45) is -4.79. The first kappa shape index (κ1) is 20.2. The molecule has 0 spiro atoms. The van der Waals surface area contributed by atoms with Crippen molar-refractivity contribution in [3.05, 3.63) is 53.3 Å². The lowest BCUT2D eigenvalue weighted by atomic mass is 10.0. The lowest BCUT2D eigenvalue weighted by Gasteiger charge is -2.22. The second-order valence-corrected chi connectivity index (χ2v) is 6.46. The molecule has 29 heavy (non-hydrogen) atoms. The smallest absolute Gasteiger partial charge is 0.378 e. The molecule has 0 saturated heterocycles. The highest BCUT2D eigenvalue weighted by molar-refractivity contribution is 5.96. The Morgan fingerprint density at radius 2 is 1.90 bits per heavy atom. The zero-order valence-electron chi connectivity index (χ0n) is 14.8. The predicted molar refractivity (Wildman–Crippen MR) is 92.9 cm³/mol. The van der Waals surface area contributed by atoms with E-state index in [1.165, 1.54) is 18.2 Å². The maximum Gasteiger partial charge on any atom is 0.417 e. The van der Waals surface area contributed by atoms with Gasteiger partial charge in [-0.2, -0.15) is 33.4 Å². The molecule has 0 bridgehead atoms. The number of nitrogens with zero attached hydrogens (tertiary/aromatic N) is 4. The van der Waals surface area contributed by atoms with Gasteiger partial charge < -0.3 is 10.4 Å². The Balaban J connectivity index is 1.81. The molecule has 7 nitrogen and oxygen atoms in total. The van der Waals surface area contributed by atoms with Crippen LogP contribution in [0, 0.1) is 17.1 Å². The number of fused-ring (bicyclic) bond motifs is 1. The van der Waals surface area contributed by atoms with Crippen molar-refractivity contribution in [1.29, 1.82) is 5.26 Å². The highest BCUT2D eigenvalue weighted by Crippen LogP contribution is 2.33. The van der Waals surface area contributed by atoms with E-state index in [1.54, 1.807) is 0 Å². The van der Waals surface area contributed by atoms with Gasteiger partial charge in [0.15, 0.2) is 5.60 Å². The first-order valence-corrected chi connectivity index (χ1v) is 8.15. The molecule has 0 aliphatic carbocycles. The molecular weight excluding hydrogens is 394 g/mol. The van der Waals surface area contributed by atoms with E-state index >= 15 is 0 Å². The van der Waals surface area contributed by atoms with E-state index < -0.39 is 41.2 Å². The lowest BCUT2D eigenvalue weighted by Crippen LogP contribution is -2.44. The first-order chi connectivity index (χ1) is 13.5. The largest absolute Gasteiger partial charge is 0.417 e. The van der Waals surface area contributed by atoms with Crippen LogP contribution in [-0.4, -0.2) is 31.6 Å². The zero-order valence-corrected chi connectivity index (χ0v) is 14.8. The molecule has 2 N–H and O–H groups in total. The first-order valence-electron chi connectivity index (χ1n) is 8.15. The Hall–Kier alpha value is -3.52. The van der Waals surface area contributed by atoms with Crippen LogP contribution in [0.2, 0.25) is 0 Å². The average molecular weight is 407 g/mol. The molecule has 0 fully saturated rings. The van der Waals surface area contributed by atoms with Crippen molar-refractivity contribution in [2.45, 2.75) is 25.2 Å². The van der Waals surface area contributed by atoms with Crippen molar-refractivity contribution in [3.8, 4) is 6.07 Å². The molecule has 1 heterocycles. The molecule has 1 unspecified atom stereocenters.